The molecule has 0 saturated carbocycles. The molecule has 0 atom stereocenters. The number of para-hydroxylation sites is 1. The van der Waals surface area contributed by atoms with Crippen molar-refractivity contribution in [3.63, 3.8) is 0 Å². The Hall–Kier alpha value is -2.23. The second-order valence-electron chi connectivity index (χ2n) is 4.52. The van der Waals surface area contributed by atoms with Gasteiger partial charge in [-0.2, -0.15) is 0 Å². The maximum atomic E-state index is 11.3. The molecule has 0 spiro atoms. The van der Waals surface area contributed by atoms with Gasteiger partial charge in [0.1, 0.15) is 5.76 Å². The Bertz CT molecular complexity index is 575. The molecule has 1 N–H and O–H groups in total. The van der Waals surface area contributed by atoms with Gasteiger partial charge in [-0.15, -0.1) is 0 Å². The van der Waals surface area contributed by atoms with Crippen LogP contribution in [0.2, 0.25) is 0 Å². The van der Waals surface area contributed by atoms with E-state index < -0.39 is 5.97 Å². The van der Waals surface area contributed by atoms with Gasteiger partial charge in [-0.05, 0) is 30.2 Å². The molecule has 0 aliphatic heterocycles. The number of anilines is 1. The van der Waals surface area contributed by atoms with Gasteiger partial charge in [-0.1, -0.05) is 31.5 Å². The standard InChI is InChI=1S/C16H19NO3/c1-3-6-12-7-4-5-8-14(12)17-11-13-9-10-15(20-13)16(18)19-2/h4-5,7-10,17H,3,6,11H2,1-2H3. The summed E-state index contributed by atoms with van der Waals surface area (Å²) < 4.78 is 10.0. The molecule has 0 radical (unpaired) electrons. The first-order valence-corrected chi connectivity index (χ1v) is 6.73. The van der Waals surface area contributed by atoms with E-state index in [-0.39, 0.29) is 5.76 Å². The SMILES string of the molecule is CCCc1ccccc1NCc1ccc(C(=O)OC)o1. The van der Waals surface area contributed by atoms with Crippen molar-refractivity contribution in [3.05, 3.63) is 53.5 Å². The van der Waals surface area contributed by atoms with Gasteiger partial charge in [0, 0.05) is 5.69 Å². The molecule has 1 aromatic heterocycles. The van der Waals surface area contributed by atoms with Gasteiger partial charge >= 0.3 is 5.97 Å². The summed E-state index contributed by atoms with van der Waals surface area (Å²) in [6.45, 7) is 2.70. The minimum absolute atomic E-state index is 0.228. The smallest absolute Gasteiger partial charge is 0.373 e. The van der Waals surface area contributed by atoms with Crippen LogP contribution < -0.4 is 5.32 Å². The first-order chi connectivity index (χ1) is 9.74. The number of nitrogens with one attached hydrogen (secondary N) is 1. The monoisotopic (exact) mass is 273 g/mol. The van der Waals surface area contributed by atoms with Crippen LogP contribution in [0.15, 0.2) is 40.8 Å². The molecule has 0 amide bonds. The highest BCUT2D eigenvalue weighted by Gasteiger charge is 2.11. The van der Waals surface area contributed by atoms with Crippen molar-refractivity contribution in [2.24, 2.45) is 0 Å². The summed E-state index contributed by atoms with van der Waals surface area (Å²) in [5.41, 5.74) is 2.39. The van der Waals surface area contributed by atoms with Crippen molar-refractivity contribution in [2.75, 3.05) is 12.4 Å². The number of carbonyl (C=O) groups excluding carboxylic acids is 1. The van der Waals surface area contributed by atoms with E-state index in [2.05, 4.69) is 29.1 Å². The number of benzene rings is 1. The molecule has 1 heterocycles. The van der Waals surface area contributed by atoms with Gasteiger partial charge in [0.05, 0.1) is 13.7 Å². The summed E-state index contributed by atoms with van der Waals surface area (Å²) in [4.78, 5) is 11.3. The zero-order valence-corrected chi connectivity index (χ0v) is 11.8. The molecular formula is C16H19NO3. The molecule has 1 aromatic carbocycles. The third-order valence-electron chi connectivity index (χ3n) is 3.04. The van der Waals surface area contributed by atoms with Crippen LogP contribution in [-0.2, 0) is 17.7 Å². The van der Waals surface area contributed by atoms with E-state index in [1.54, 1.807) is 12.1 Å². The van der Waals surface area contributed by atoms with E-state index in [0.29, 0.717) is 12.3 Å². The molecular weight excluding hydrogens is 254 g/mol. The van der Waals surface area contributed by atoms with Crippen LogP contribution >= 0.6 is 0 Å². The van der Waals surface area contributed by atoms with Gasteiger partial charge in [-0.3, -0.25) is 0 Å². The van der Waals surface area contributed by atoms with Gasteiger partial charge in [0.2, 0.25) is 5.76 Å². The van der Waals surface area contributed by atoms with Crippen molar-refractivity contribution >= 4 is 11.7 Å². The fourth-order valence-electron chi connectivity index (χ4n) is 2.05. The lowest BCUT2D eigenvalue weighted by atomic mass is 10.1. The first-order valence-electron chi connectivity index (χ1n) is 6.73. The molecule has 4 nitrogen and oxygen atoms in total. The van der Waals surface area contributed by atoms with Gasteiger partial charge in [-0.25, -0.2) is 4.79 Å². The normalized spacial score (nSPS) is 10.3. The number of ether oxygens (including phenoxy) is 1. The lowest BCUT2D eigenvalue weighted by Gasteiger charge is -2.10. The molecule has 106 valence electrons. The molecule has 0 bridgehead atoms. The second-order valence-corrected chi connectivity index (χ2v) is 4.52. The third-order valence-corrected chi connectivity index (χ3v) is 3.04. The molecule has 2 aromatic rings. The number of rotatable bonds is 6. The fourth-order valence-corrected chi connectivity index (χ4v) is 2.05. The molecule has 2 rings (SSSR count). The lowest BCUT2D eigenvalue weighted by Crippen LogP contribution is -2.02. The predicted molar refractivity (Wildman–Crippen MR) is 77.8 cm³/mol. The van der Waals surface area contributed by atoms with Crippen molar-refractivity contribution in [3.8, 4) is 0 Å². The third kappa shape index (κ3) is 3.41. The summed E-state index contributed by atoms with van der Waals surface area (Å²) in [5, 5.41) is 3.34. The van der Waals surface area contributed by atoms with Crippen molar-refractivity contribution in [1.29, 1.82) is 0 Å². The van der Waals surface area contributed by atoms with Crippen LogP contribution in [0.25, 0.3) is 0 Å². The van der Waals surface area contributed by atoms with Crippen molar-refractivity contribution < 1.29 is 13.9 Å². The van der Waals surface area contributed by atoms with E-state index in [0.717, 1.165) is 18.5 Å². The van der Waals surface area contributed by atoms with Crippen LogP contribution in [0, 0.1) is 0 Å². The Morgan fingerprint density at radius 2 is 2.05 bits per heavy atom. The Morgan fingerprint density at radius 1 is 1.25 bits per heavy atom. The lowest BCUT2D eigenvalue weighted by molar-refractivity contribution is 0.0563. The van der Waals surface area contributed by atoms with Crippen LogP contribution in [-0.4, -0.2) is 13.1 Å². The van der Waals surface area contributed by atoms with E-state index in [1.165, 1.54) is 12.7 Å². The van der Waals surface area contributed by atoms with Crippen LogP contribution in [0.4, 0.5) is 5.69 Å². The van der Waals surface area contributed by atoms with E-state index in [4.69, 9.17) is 4.42 Å². The maximum absolute atomic E-state index is 11.3. The molecule has 0 aliphatic carbocycles. The van der Waals surface area contributed by atoms with Gasteiger partial charge in [0.15, 0.2) is 0 Å². The van der Waals surface area contributed by atoms with Crippen LogP contribution in [0.5, 0.6) is 0 Å². The minimum atomic E-state index is -0.456. The van der Waals surface area contributed by atoms with Crippen LogP contribution in [0.1, 0.15) is 35.2 Å². The number of hydrogen-bond acceptors (Lipinski definition) is 4. The average Bonchev–Trinajstić information content (AvgIpc) is 2.95. The number of carbonyl (C=O) groups is 1. The quantitative estimate of drug-likeness (QED) is 0.816. The topological polar surface area (TPSA) is 51.5 Å². The Kier molecular flexibility index (Phi) is 4.82. The Balaban J connectivity index is 2.02. The highest BCUT2D eigenvalue weighted by molar-refractivity contribution is 5.86. The van der Waals surface area contributed by atoms with Crippen molar-refractivity contribution in [1.82, 2.24) is 0 Å². The highest BCUT2D eigenvalue weighted by atomic mass is 16.5. The average molecular weight is 273 g/mol. The molecule has 0 saturated heterocycles. The van der Waals surface area contributed by atoms with Crippen LogP contribution in [0.3, 0.4) is 0 Å². The largest absolute Gasteiger partial charge is 0.463 e. The number of esters is 1. The van der Waals surface area contributed by atoms with E-state index >= 15 is 0 Å². The maximum Gasteiger partial charge on any atom is 0.373 e. The zero-order valence-electron chi connectivity index (χ0n) is 11.8. The Labute approximate surface area is 118 Å². The highest BCUT2D eigenvalue weighted by Crippen LogP contribution is 2.18. The summed E-state index contributed by atoms with van der Waals surface area (Å²) in [7, 11) is 1.34. The second kappa shape index (κ2) is 6.80. The summed E-state index contributed by atoms with van der Waals surface area (Å²) in [6, 6.07) is 11.6. The van der Waals surface area contributed by atoms with E-state index in [9.17, 15) is 4.79 Å². The number of furan rings is 1. The fraction of sp³-hybridized carbons (Fsp3) is 0.312. The molecule has 0 aliphatic rings. The predicted octanol–water partition coefficient (Wildman–Crippen LogP) is 3.63. The van der Waals surface area contributed by atoms with Gasteiger partial charge in [0.25, 0.3) is 0 Å². The summed E-state index contributed by atoms with van der Waals surface area (Å²) in [6.07, 6.45) is 2.14. The molecule has 4 heteroatoms. The molecule has 0 fully saturated rings. The summed E-state index contributed by atoms with van der Waals surface area (Å²) >= 11 is 0. The molecule has 0 unspecified atom stereocenters. The van der Waals surface area contributed by atoms with E-state index in [1.807, 2.05) is 12.1 Å². The van der Waals surface area contributed by atoms with Crippen molar-refractivity contribution in [2.45, 2.75) is 26.3 Å². The molecule has 20 heavy (non-hydrogen) atoms. The van der Waals surface area contributed by atoms with Gasteiger partial charge < -0.3 is 14.5 Å². The Morgan fingerprint density at radius 3 is 2.80 bits per heavy atom. The number of hydrogen-bond donors (Lipinski definition) is 1. The first kappa shape index (κ1) is 14.2. The number of aryl methyl sites for hydroxylation is 1. The number of methoxy groups -OCH3 is 1. The zero-order chi connectivity index (χ0) is 14.4. The summed E-state index contributed by atoms with van der Waals surface area (Å²) in [5.74, 6) is 0.477. The minimum Gasteiger partial charge on any atom is -0.463 e.